The van der Waals surface area contributed by atoms with E-state index < -0.39 is 31.6 Å². The molecular formula is C12H17N3O5S. The molecule has 2 rings (SSSR count). The number of anilines is 1. The quantitative estimate of drug-likeness (QED) is 0.475. The molecule has 1 aliphatic rings. The standard InChI is InChI=1S/C12H17N3O5S/c1-8-4-5-14(11(8)7-16)21(19,20)12-6-9(13)2-3-10(12)15(17)18/h2-3,6,8,11,16H,4-5,7,13H2,1H3. The highest BCUT2D eigenvalue weighted by atomic mass is 32.2. The molecule has 0 radical (unpaired) electrons. The monoisotopic (exact) mass is 315 g/mol. The van der Waals surface area contributed by atoms with E-state index in [0.717, 1.165) is 16.4 Å². The maximum absolute atomic E-state index is 12.7. The Morgan fingerprint density at radius 1 is 1.52 bits per heavy atom. The summed E-state index contributed by atoms with van der Waals surface area (Å²) in [5.41, 5.74) is 5.18. The van der Waals surface area contributed by atoms with Crippen LogP contribution in [0.1, 0.15) is 13.3 Å². The summed E-state index contributed by atoms with van der Waals surface area (Å²) in [6.45, 7) is 1.74. The summed E-state index contributed by atoms with van der Waals surface area (Å²) in [4.78, 5) is 9.86. The Hall–Kier alpha value is -1.71. The van der Waals surface area contributed by atoms with Crippen molar-refractivity contribution in [2.24, 2.45) is 5.92 Å². The first-order valence-corrected chi connectivity index (χ1v) is 7.89. The average Bonchev–Trinajstić information content (AvgIpc) is 2.80. The molecule has 1 aromatic carbocycles. The number of sulfonamides is 1. The van der Waals surface area contributed by atoms with Gasteiger partial charge < -0.3 is 10.8 Å². The zero-order valence-corrected chi connectivity index (χ0v) is 12.3. The van der Waals surface area contributed by atoms with Crippen LogP contribution < -0.4 is 5.73 Å². The number of nitro benzene ring substituents is 1. The van der Waals surface area contributed by atoms with Crippen molar-refractivity contribution in [3.8, 4) is 0 Å². The van der Waals surface area contributed by atoms with Crippen LogP contribution in [-0.2, 0) is 10.0 Å². The van der Waals surface area contributed by atoms with E-state index >= 15 is 0 Å². The second-order valence-corrected chi connectivity index (χ2v) is 6.97. The molecule has 0 spiro atoms. The Bertz CT molecular complexity index is 661. The number of nitro groups is 1. The highest BCUT2D eigenvalue weighted by Gasteiger charge is 2.41. The minimum atomic E-state index is -4.08. The van der Waals surface area contributed by atoms with Crippen molar-refractivity contribution in [1.82, 2.24) is 4.31 Å². The molecule has 9 heteroatoms. The Labute approximate surface area is 122 Å². The highest BCUT2D eigenvalue weighted by molar-refractivity contribution is 7.89. The summed E-state index contributed by atoms with van der Waals surface area (Å²) in [6.07, 6.45) is 0.598. The SMILES string of the molecule is CC1CCN(S(=O)(=O)c2cc(N)ccc2[N+](=O)[O-])C1CO. The lowest BCUT2D eigenvalue weighted by Crippen LogP contribution is -2.40. The maximum atomic E-state index is 12.7. The van der Waals surface area contributed by atoms with Crippen LogP contribution in [0.4, 0.5) is 11.4 Å². The number of benzene rings is 1. The normalized spacial score (nSPS) is 23.3. The van der Waals surface area contributed by atoms with Gasteiger partial charge in [0.2, 0.25) is 10.0 Å². The fourth-order valence-electron chi connectivity index (χ4n) is 2.56. The molecule has 0 bridgehead atoms. The van der Waals surface area contributed by atoms with E-state index in [-0.39, 0.29) is 24.8 Å². The lowest BCUT2D eigenvalue weighted by molar-refractivity contribution is -0.387. The average molecular weight is 315 g/mol. The first-order chi connectivity index (χ1) is 9.78. The predicted octanol–water partition coefficient (Wildman–Crippen LogP) is 0.568. The summed E-state index contributed by atoms with van der Waals surface area (Å²) >= 11 is 0. The predicted molar refractivity (Wildman–Crippen MR) is 76.1 cm³/mol. The van der Waals surface area contributed by atoms with Crippen molar-refractivity contribution in [3.05, 3.63) is 28.3 Å². The van der Waals surface area contributed by atoms with Gasteiger partial charge in [-0.2, -0.15) is 4.31 Å². The molecule has 116 valence electrons. The smallest absolute Gasteiger partial charge is 0.289 e. The summed E-state index contributed by atoms with van der Waals surface area (Å²) in [5, 5.41) is 20.4. The van der Waals surface area contributed by atoms with Gasteiger partial charge in [0.1, 0.15) is 0 Å². The van der Waals surface area contributed by atoms with Gasteiger partial charge in [-0.05, 0) is 24.5 Å². The molecule has 8 nitrogen and oxygen atoms in total. The molecule has 1 fully saturated rings. The lowest BCUT2D eigenvalue weighted by atomic mass is 10.0. The molecule has 0 saturated carbocycles. The molecule has 1 saturated heterocycles. The first kappa shape index (κ1) is 15.7. The number of aliphatic hydroxyl groups excluding tert-OH is 1. The largest absolute Gasteiger partial charge is 0.399 e. The fraction of sp³-hybridized carbons (Fsp3) is 0.500. The van der Waals surface area contributed by atoms with Gasteiger partial charge in [-0.15, -0.1) is 0 Å². The summed E-state index contributed by atoms with van der Waals surface area (Å²) in [6, 6.07) is 2.88. The van der Waals surface area contributed by atoms with Crippen molar-refractivity contribution in [3.63, 3.8) is 0 Å². The van der Waals surface area contributed by atoms with Crippen molar-refractivity contribution < 1.29 is 18.4 Å². The Balaban J connectivity index is 2.54. The molecule has 3 N–H and O–H groups in total. The van der Waals surface area contributed by atoms with E-state index in [1.807, 2.05) is 6.92 Å². The summed E-state index contributed by atoms with van der Waals surface area (Å²) < 4.78 is 26.5. The van der Waals surface area contributed by atoms with Crippen molar-refractivity contribution in [2.45, 2.75) is 24.3 Å². The zero-order valence-electron chi connectivity index (χ0n) is 11.5. The molecule has 0 aromatic heterocycles. The topological polar surface area (TPSA) is 127 Å². The van der Waals surface area contributed by atoms with Gasteiger partial charge in [-0.1, -0.05) is 6.92 Å². The Morgan fingerprint density at radius 2 is 2.19 bits per heavy atom. The van der Waals surface area contributed by atoms with Gasteiger partial charge in [0, 0.05) is 18.3 Å². The third-order valence-corrected chi connectivity index (χ3v) is 5.74. The Kier molecular flexibility index (Phi) is 4.17. The van der Waals surface area contributed by atoms with Crippen LogP contribution in [0.2, 0.25) is 0 Å². The van der Waals surface area contributed by atoms with Crippen LogP contribution >= 0.6 is 0 Å². The number of rotatable bonds is 4. The maximum Gasteiger partial charge on any atom is 0.289 e. The van der Waals surface area contributed by atoms with Crippen LogP contribution in [0.3, 0.4) is 0 Å². The number of nitrogens with two attached hydrogens (primary N) is 1. The number of nitrogen functional groups attached to an aromatic ring is 1. The van der Waals surface area contributed by atoms with E-state index in [0.29, 0.717) is 6.42 Å². The zero-order chi connectivity index (χ0) is 15.8. The van der Waals surface area contributed by atoms with Crippen LogP contribution in [0, 0.1) is 16.0 Å². The van der Waals surface area contributed by atoms with Gasteiger partial charge in [-0.3, -0.25) is 10.1 Å². The third-order valence-electron chi connectivity index (χ3n) is 3.79. The van der Waals surface area contributed by atoms with Gasteiger partial charge >= 0.3 is 0 Å². The second-order valence-electron chi connectivity index (χ2n) is 5.12. The Morgan fingerprint density at radius 3 is 2.76 bits per heavy atom. The van der Waals surface area contributed by atoms with E-state index in [1.165, 1.54) is 6.07 Å². The molecule has 2 unspecified atom stereocenters. The number of nitrogens with zero attached hydrogens (tertiary/aromatic N) is 2. The lowest BCUT2D eigenvalue weighted by Gasteiger charge is -2.24. The summed E-state index contributed by atoms with van der Waals surface area (Å²) in [7, 11) is -4.08. The van der Waals surface area contributed by atoms with Crippen LogP contribution in [0.15, 0.2) is 23.1 Å². The van der Waals surface area contributed by atoms with Gasteiger partial charge in [0.05, 0.1) is 17.6 Å². The van der Waals surface area contributed by atoms with Gasteiger partial charge in [-0.25, -0.2) is 8.42 Å². The minimum Gasteiger partial charge on any atom is -0.399 e. The number of hydrogen-bond acceptors (Lipinski definition) is 6. The molecule has 0 aliphatic carbocycles. The molecule has 1 aliphatic heterocycles. The summed E-state index contributed by atoms with van der Waals surface area (Å²) in [5.74, 6) is -0.00936. The van der Waals surface area contributed by atoms with Gasteiger partial charge in [0.15, 0.2) is 4.90 Å². The number of aliphatic hydroxyl groups is 1. The van der Waals surface area contributed by atoms with E-state index in [9.17, 15) is 23.6 Å². The molecule has 1 aromatic rings. The molecule has 21 heavy (non-hydrogen) atoms. The fourth-order valence-corrected chi connectivity index (χ4v) is 4.48. The minimum absolute atomic E-state index is 0.00936. The van der Waals surface area contributed by atoms with Crippen LogP contribution in [0.5, 0.6) is 0 Å². The molecular weight excluding hydrogens is 298 g/mol. The first-order valence-electron chi connectivity index (χ1n) is 6.45. The van der Waals surface area contributed by atoms with Crippen LogP contribution in [0.25, 0.3) is 0 Å². The van der Waals surface area contributed by atoms with Gasteiger partial charge in [0.25, 0.3) is 5.69 Å². The third kappa shape index (κ3) is 2.71. The van der Waals surface area contributed by atoms with E-state index in [2.05, 4.69) is 0 Å². The van der Waals surface area contributed by atoms with Crippen LogP contribution in [-0.4, -0.2) is 41.9 Å². The van der Waals surface area contributed by atoms with E-state index in [1.54, 1.807) is 0 Å². The molecule has 1 heterocycles. The van der Waals surface area contributed by atoms with Crippen molar-refractivity contribution in [2.75, 3.05) is 18.9 Å². The highest BCUT2D eigenvalue weighted by Crippen LogP contribution is 2.34. The second kappa shape index (κ2) is 5.58. The molecule has 2 atom stereocenters. The van der Waals surface area contributed by atoms with Crippen molar-refractivity contribution >= 4 is 21.4 Å². The van der Waals surface area contributed by atoms with E-state index in [4.69, 9.17) is 5.73 Å². The van der Waals surface area contributed by atoms with Crippen molar-refractivity contribution in [1.29, 1.82) is 0 Å². The molecule has 0 amide bonds. The number of hydrogen-bond donors (Lipinski definition) is 2.